The Bertz CT molecular complexity index is 1050. The number of hydrogen-bond acceptors (Lipinski definition) is 7. The van der Waals surface area contributed by atoms with E-state index in [-0.39, 0.29) is 22.2 Å². The molecular formula is C18H14FN3O5S. The van der Waals surface area contributed by atoms with Crippen LogP contribution in [0.1, 0.15) is 10.4 Å². The van der Waals surface area contributed by atoms with E-state index in [1.807, 2.05) is 0 Å². The predicted octanol–water partition coefficient (Wildman–Crippen LogP) is 4.13. The number of hydrogen-bond donors (Lipinski definition) is 1. The Hall–Kier alpha value is -3.53. The van der Waals surface area contributed by atoms with Crippen LogP contribution in [-0.2, 0) is 0 Å². The second-order valence-corrected chi connectivity index (χ2v) is 6.34. The first kappa shape index (κ1) is 19.2. The van der Waals surface area contributed by atoms with E-state index in [4.69, 9.17) is 9.47 Å². The topological polar surface area (TPSA) is 104 Å². The molecular weight excluding hydrogens is 389 g/mol. The van der Waals surface area contributed by atoms with Crippen LogP contribution >= 0.6 is 11.3 Å². The molecule has 3 rings (SSSR count). The summed E-state index contributed by atoms with van der Waals surface area (Å²) >= 11 is 1.11. The highest BCUT2D eigenvalue weighted by Crippen LogP contribution is 2.35. The lowest BCUT2D eigenvalue weighted by atomic mass is 10.1. The lowest BCUT2D eigenvalue weighted by Gasteiger charge is -2.10. The summed E-state index contributed by atoms with van der Waals surface area (Å²) in [5, 5.41) is 15.7. The molecule has 0 bridgehead atoms. The molecule has 0 unspecified atom stereocenters. The summed E-state index contributed by atoms with van der Waals surface area (Å²) in [5.74, 6) is -0.823. The molecule has 1 amide bonds. The van der Waals surface area contributed by atoms with Crippen LogP contribution < -0.4 is 14.8 Å². The zero-order valence-corrected chi connectivity index (χ0v) is 15.6. The Morgan fingerprint density at radius 3 is 2.57 bits per heavy atom. The van der Waals surface area contributed by atoms with Gasteiger partial charge in [-0.3, -0.25) is 20.2 Å². The number of nitrogens with zero attached hydrogens (tertiary/aromatic N) is 2. The van der Waals surface area contributed by atoms with E-state index < -0.39 is 22.3 Å². The number of benzene rings is 2. The first-order valence-electron chi connectivity index (χ1n) is 7.86. The third-order valence-electron chi connectivity index (χ3n) is 3.79. The van der Waals surface area contributed by atoms with Gasteiger partial charge < -0.3 is 9.47 Å². The third-order valence-corrected chi connectivity index (χ3v) is 4.55. The summed E-state index contributed by atoms with van der Waals surface area (Å²) in [5.41, 5.74) is 0.387. The van der Waals surface area contributed by atoms with Gasteiger partial charge in [0.25, 0.3) is 11.6 Å². The number of nitro benzene ring substituents is 1. The van der Waals surface area contributed by atoms with Crippen LogP contribution in [0.5, 0.6) is 11.5 Å². The average molecular weight is 403 g/mol. The highest BCUT2D eigenvalue weighted by Gasteiger charge is 2.25. The van der Waals surface area contributed by atoms with E-state index in [0.717, 1.165) is 17.4 Å². The summed E-state index contributed by atoms with van der Waals surface area (Å²) < 4.78 is 23.5. The van der Waals surface area contributed by atoms with Gasteiger partial charge in [0.05, 0.1) is 30.9 Å². The molecule has 144 valence electrons. The van der Waals surface area contributed by atoms with Gasteiger partial charge in [0.15, 0.2) is 16.6 Å². The molecule has 0 aliphatic rings. The maximum absolute atomic E-state index is 13.4. The molecule has 3 aromatic rings. The molecule has 8 nitrogen and oxygen atoms in total. The smallest absolute Gasteiger partial charge is 0.286 e. The Balaban J connectivity index is 1.90. The van der Waals surface area contributed by atoms with E-state index in [2.05, 4.69) is 10.3 Å². The fraction of sp³-hybridized carbons (Fsp3) is 0.111. The van der Waals surface area contributed by atoms with Crippen molar-refractivity contribution >= 4 is 28.1 Å². The Kier molecular flexibility index (Phi) is 5.50. The van der Waals surface area contributed by atoms with E-state index >= 15 is 0 Å². The summed E-state index contributed by atoms with van der Waals surface area (Å²) in [6.07, 6.45) is 0. The van der Waals surface area contributed by atoms with Crippen molar-refractivity contribution in [2.24, 2.45) is 0 Å². The van der Waals surface area contributed by atoms with E-state index in [1.165, 1.54) is 32.4 Å². The number of ether oxygens (including phenoxy) is 2. The van der Waals surface area contributed by atoms with Crippen LogP contribution in [0.2, 0.25) is 0 Å². The van der Waals surface area contributed by atoms with E-state index in [9.17, 15) is 19.3 Å². The number of carbonyl (C=O) groups excluding carboxylic acids is 1. The maximum atomic E-state index is 13.4. The van der Waals surface area contributed by atoms with Crippen molar-refractivity contribution in [3.8, 4) is 22.8 Å². The number of amides is 1. The minimum atomic E-state index is -0.729. The van der Waals surface area contributed by atoms with Gasteiger partial charge in [-0.05, 0) is 12.1 Å². The van der Waals surface area contributed by atoms with Gasteiger partial charge in [-0.1, -0.05) is 12.1 Å². The molecule has 1 N–H and O–H groups in total. The first-order chi connectivity index (χ1) is 13.4. The fourth-order valence-electron chi connectivity index (χ4n) is 2.48. The normalized spacial score (nSPS) is 10.4. The maximum Gasteiger partial charge on any atom is 0.286 e. The van der Waals surface area contributed by atoms with Crippen LogP contribution in [0.4, 0.5) is 15.2 Å². The van der Waals surface area contributed by atoms with E-state index in [1.54, 1.807) is 17.5 Å². The minimum absolute atomic E-state index is 0.133. The summed E-state index contributed by atoms with van der Waals surface area (Å²) in [7, 11) is 2.70. The SMILES string of the molecule is COc1cc(C(=O)Nc2nc(-c3cccc(F)c3)cs2)c([N+](=O)[O-])cc1OC. The Labute approximate surface area is 162 Å². The molecule has 0 aliphatic carbocycles. The quantitative estimate of drug-likeness (QED) is 0.490. The minimum Gasteiger partial charge on any atom is -0.493 e. The first-order valence-corrected chi connectivity index (χ1v) is 8.74. The van der Waals surface area contributed by atoms with Crippen LogP contribution in [0, 0.1) is 15.9 Å². The number of nitro groups is 1. The molecule has 0 fully saturated rings. The highest BCUT2D eigenvalue weighted by molar-refractivity contribution is 7.14. The van der Waals surface area contributed by atoms with Gasteiger partial charge in [-0.15, -0.1) is 11.3 Å². The summed E-state index contributed by atoms with van der Waals surface area (Å²) in [4.78, 5) is 27.5. The molecule has 10 heteroatoms. The van der Waals surface area contributed by atoms with Crippen molar-refractivity contribution < 1.29 is 23.6 Å². The molecule has 0 aliphatic heterocycles. The zero-order valence-electron chi connectivity index (χ0n) is 14.8. The van der Waals surface area contributed by atoms with Crippen molar-refractivity contribution in [1.82, 2.24) is 4.98 Å². The molecule has 28 heavy (non-hydrogen) atoms. The molecule has 0 atom stereocenters. The number of nitrogens with one attached hydrogen (secondary N) is 1. The largest absolute Gasteiger partial charge is 0.493 e. The number of anilines is 1. The van der Waals surface area contributed by atoms with E-state index in [0.29, 0.717) is 11.3 Å². The van der Waals surface area contributed by atoms with Crippen molar-refractivity contribution in [3.05, 3.63) is 63.3 Å². The Morgan fingerprint density at radius 2 is 1.93 bits per heavy atom. The van der Waals surface area contributed by atoms with Crippen LogP contribution in [0.3, 0.4) is 0 Å². The monoisotopic (exact) mass is 403 g/mol. The third kappa shape index (κ3) is 3.91. The molecule has 1 aromatic heterocycles. The number of halogens is 1. The molecule has 0 radical (unpaired) electrons. The summed E-state index contributed by atoms with van der Waals surface area (Å²) in [6, 6.07) is 8.22. The van der Waals surface area contributed by atoms with Gasteiger partial charge in [0.1, 0.15) is 11.4 Å². The van der Waals surface area contributed by atoms with Crippen LogP contribution in [0.25, 0.3) is 11.3 Å². The second kappa shape index (κ2) is 8.01. The van der Waals surface area contributed by atoms with Gasteiger partial charge >= 0.3 is 0 Å². The van der Waals surface area contributed by atoms with Crippen molar-refractivity contribution in [2.75, 3.05) is 19.5 Å². The fourth-order valence-corrected chi connectivity index (χ4v) is 3.19. The highest BCUT2D eigenvalue weighted by atomic mass is 32.1. The summed E-state index contributed by atoms with van der Waals surface area (Å²) in [6.45, 7) is 0. The zero-order chi connectivity index (χ0) is 20.3. The van der Waals surface area contributed by atoms with Crippen molar-refractivity contribution in [3.63, 3.8) is 0 Å². The molecule has 0 saturated carbocycles. The average Bonchev–Trinajstić information content (AvgIpc) is 3.15. The molecule has 1 heterocycles. The number of rotatable bonds is 6. The van der Waals surface area contributed by atoms with Crippen molar-refractivity contribution in [2.45, 2.75) is 0 Å². The second-order valence-electron chi connectivity index (χ2n) is 5.48. The predicted molar refractivity (Wildman–Crippen MR) is 102 cm³/mol. The number of thiazole rings is 1. The Morgan fingerprint density at radius 1 is 1.21 bits per heavy atom. The number of carbonyl (C=O) groups is 1. The van der Waals surface area contributed by atoms with Gasteiger partial charge in [0.2, 0.25) is 0 Å². The standard InChI is InChI=1S/C18H14FN3O5S/c1-26-15-7-12(14(22(24)25)8-16(15)27-2)17(23)21-18-20-13(9-28-18)10-4-3-5-11(19)6-10/h3-9H,1-2H3,(H,20,21,23). The molecule has 0 spiro atoms. The molecule has 0 saturated heterocycles. The number of aromatic nitrogens is 1. The van der Waals surface area contributed by atoms with Crippen LogP contribution in [0.15, 0.2) is 41.8 Å². The number of methoxy groups -OCH3 is 2. The molecule has 2 aromatic carbocycles. The lowest BCUT2D eigenvalue weighted by Crippen LogP contribution is -2.14. The van der Waals surface area contributed by atoms with Gasteiger partial charge in [-0.25, -0.2) is 9.37 Å². The lowest BCUT2D eigenvalue weighted by molar-refractivity contribution is -0.385. The van der Waals surface area contributed by atoms with Gasteiger partial charge in [-0.2, -0.15) is 0 Å². The van der Waals surface area contributed by atoms with Crippen molar-refractivity contribution in [1.29, 1.82) is 0 Å². The van der Waals surface area contributed by atoms with Gasteiger partial charge in [0, 0.05) is 17.0 Å². The van der Waals surface area contributed by atoms with Crippen LogP contribution in [-0.4, -0.2) is 30.0 Å².